The third-order valence-electron chi connectivity index (χ3n) is 6.81. The van der Waals surface area contributed by atoms with Crippen LogP contribution in [0.2, 0.25) is 0 Å². The van der Waals surface area contributed by atoms with E-state index in [2.05, 4.69) is 5.32 Å². The fraction of sp³-hybridized carbons (Fsp3) is 0.375. The van der Waals surface area contributed by atoms with Gasteiger partial charge in [0, 0.05) is 11.5 Å². The molecule has 0 aliphatic carbocycles. The Bertz CT molecular complexity index is 1170. The number of hydrogen-bond acceptors (Lipinski definition) is 5. The average Bonchev–Trinajstić information content (AvgIpc) is 3.00. The number of halogens is 1. The minimum Gasteiger partial charge on any atom is -0.493 e. The predicted octanol–water partition coefficient (Wildman–Crippen LogP) is 3.23. The van der Waals surface area contributed by atoms with Crippen molar-refractivity contribution in [3.63, 3.8) is 0 Å². The monoisotopic (exact) mass is 438 g/mol. The largest absolute Gasteiger partial charge is 0.493 e. The Morgan fingerprint density at radius 2 is 2.06 bits per heavy atom. The number of anilines is 1. The molecule has 0 saturated carbocycles. The zero-order chi connectivity index (χ0) is 22.8. The summed E-state index contributed by atoms with van der Waals surface area (Å²) in [6.07, 6.45) is 0. The molecule has 2 amide bonds. The lowest BCUT2D eigenvalue weighted by atomic mass is 9.77. The third-order valence-corrected chi connectivity index (χ3v) is 6.81. The van der Waals surface area contributed by atoms with E-state index in [0.717, 1.165) is 17.2 Å². The van der Waals surface area contributed by atoms with Gasteiger partial charge in [-0.2, -0.15) is 0 Å². The van der Waals surface area contributed by atoms with E-state index in [1.807, 2.05) is 25.1 Å². The fourth-order valence-electron chi connectivity index (χ4n) is 5.41. The van der Waals surface area contributed by atoms with Gasteiger partial charge in [0.1, 0.15) is 17.1 Å². The first kappa shape index (κ1) is 20.5. The molecule has 1 fully saturated rings. The molecule has 2 aromatic rings. The van der Waals surface area contributed by atoms with Crippen LogP contribution in [0.25, 0.3) is 0 Å². The van der Waals surface area contributed by atoms with E-state index >= 15 is 0 Å². The Balaban J connectivity index is 1.77. The van der Waals surface area contributed by atoms with Gasteiger partial charge in [0.05, 0.1) is 36.4 Å². The van der Waals surface area contributed by atoms with Crippen molar-refractivity contribution in [2.24, 2.45) is 11.8 Å². The number of ether oxygens (including phenoxy) is 2. The number of carbonyl (C=O) groups is 3. The van der Waals surface area contributed by atoms with Crippen LogP contribution < -0.4 is 10.1 Å². The number of nitrogens with zero attached hydrogens (tertiary/aromatic N) is 1. The number of aryl methyl sites for hydroxylation is 1. The molecule has 3 aliphatic rings. The van der Waals surface area contributed by atoms with Crippen LogP contribution in [0.1, 0.15) is 41.4 Å². The number of benzene rings is 2. The molecule has 8 heteroatoms. The van der Waals surface area contributed by atoms with Crippen LogP contribution in [0.3, 0.4) is 0 Å². The maximum Gasteiger partial charge on any atom is 0.312 e. The van der Waals surface area contributed by atoms with Crippen LogP contribution in [0.4, 0.5) is 10.1 Å². The van der Waals surface area contributed by atoms with E-state index < -0.39 is 47.0 Å². The molecular formula is C24H23FN2O5. The molecular weight excluding hydrogens is 415 g/mol. The second kappa shape index (κ2) is 7.05. The van der Waals surface area contributed by atoms with E-state index in [-0.39, 0.29) is 24.5 Å². The molecule has 1 N–H and O–H groups in total. The van der Waals surface area contributed by atoms with E-state index in [1.54, 1.807) is 13.8 Å². The predicted molar refractivity (Wildman–Crippen MR) is 113 cm³/mol. The third kappa shape index (κ3) is 2.68. The highest BCUT2D eigenvalue weighted by molar-refractivity contribution is 6.13. The molecule has 0 radical (unpaired) electrons. The number of nitrogens with one attached hydrogen (secondary N) is 1. The highest BCUT2D eigenvalue weighted by Crippen LogP contribution is 2.56. The van der Waals surface area contributed by atoms with Crippen LogP contribution in [-0.2, 0) is 14.3 Å². The van der Waals surface area contributed by atoms with Gasteiger partial charge in [-0.05, 0) is 45.0 Å². The Morgan fingerprint density at radius 1 is 1.28 bits per heavy atom. The van der Waals surface area contributed by atoms with Gasteiger partial charge < -0.3 is 19.7 Å². The normalized spacial score (nSPS) is 27.9. The van der Waals surface area contributed by atoms with Crippen molar-refractivity contribution >= 4 is 23.5 Å². The number of hydrogen-bond donors (Lipinski definition) is 1. The van der Waals surface area contributed by atoms with Gasteiger partial charge in [-0.3, -0.25) is 14.4 Å². The molecule has 166 valence electrons. The molecule has 0 aromatic heterocycles. The number of esters is 1. The van der Waals surface area contributed by atoms with Crippen molar-refractivity contribution in [3.05, 3.63) is 58.9 Å². The summed E-state index contributed by atoms with van der Waals surface area (Å²) in [4.78, 5) is 42.1. The smallest absolute Gasteiger partial charge is 0.312 e. The summed E-state index contributed by atoms with van der Waals surface area (Å²) in [7, 11) is 0. The molecule has 3 aliphatic heterocycles. The summed E-state index contributed by atoms with van der Waals surface area (Å²) in [5.41, 5.74) is 0.384. The van der Waals surface area contributed by atoms with Crippen LogP contribution in [0, 0.1) is 24.6 Å². The molecule has 3 heterocycles. The van der Waals surface area contributed by atoms with Crippen LogP contribution in [0.15, 0.2) is 36.4 Å². The summed E-state index contributed by atoms with van der Waals surface area (Å²) in [5.74, 6) is -3.04. The Labute approximate surface area is 184 Å². The zero-order valence-electron chi connectivity index (χ0n) is 18.0. The van der Waals surface area contributed by atoms with Crippen molar-refractivity contribution in [3.8, 4) is 5.75 Å². The number of amides is 2. The maximum atomic E-state index is 14.1. The van der Waals surface area contributed by atoms with E-state index in [4.69, 9.17) is 9.47 Å². The maximum absolute atomic E-state index is 14.1. The van der Waals surface area contributed by atoms with Crippen molar-refractivity contribution in [1.29, 1.82) is 0 Å². The van der Waals surface area contributed by atoms with Gasteiger partial charge in [0.25, 0.3) is 11.8 Å². The minimum atomic E-state index is -1.55. The molecule has 5 rings (SSSR count). The summed E-state index contributed by atoms with van der Waals surface area (Å²) < 4.78 is 25.4. The highest BCUT2D eigenvalue weighted by atomic mass is 19.1. The molecule has 32 heavy (non-hydrogen) atoms. The molecule has 3 unspecified atom stereocenters. The van der Waals surface area contributed by atoms with Gasteiger partial charge in [-0.1, -0.05) is 17.7 Å². The van der Waals surface area contributed by atoms with Gasteiger partial charge >= 0.3 is 5.97 Å². The Kier molecular flexibility index (Phi) is 4.51. The van der Waals surface area contributed by atoms with Crippen LogP contribution in [-0.4, -0.2) is 41.4 Å². The van der Waals surface area contributed by atoms with Crippen LogP contribution >= 0.6 is 0 Å². The van der Waals surface area contributed by atoms with Gasteiger partial charge in [-0.15, -0.1) is 0 Å². The zero-order valence-corrected chi connectivity index (χ0v) is 18.0. The van der Waals surface area contributed by atoms with E-state index in [0.29, 0.717) is 5.75 Å². The van der Waals surface area contributed by atoms with Crippen molar-refractivity contribution in [2.75, 3.05) is 18.5 Å². The van der Waals surface area contributed by atoms with Gasteiger partial charge in [0.15, 0.2) is 0 Å². The molecule has 2 aromatic carbocycles. The molecule has 0 spiro atoms. The number of carbonyl (C=O) groups excluding carboxylic acids is 3. The van der Waals surface area contributed by atoms with Crippen LogP contribution in [0.5, 0.6) is 5.75 Å². The topological polar surface area (TPSA) is 84.9 Å². The fourth-order valence-corrected chi connectivity index (χ4v) is 5.41. The minimum absolute atomic E-state index is 0.0472. The first-order chi connectivity index (χ1) is 15.3. The lowest BCUT2D eigenvalue weighted by Gasteiger charge is -2.38. The quantitative estimate of drug-likeness (QED) is 0.728. The second-order valence-electron chi connectivity index (χ2n) is 8.66. The summed E-state index contributed by atoms with van der Waals surface area (Å²) >= 11 is 0. The van der Waals surface area contributed by atoms with Crippen molar-refractivity contribution < 1.29 is 28.2 Å². The second-order valence-corrected chi connectivity index (χ2v) is 8.66. The lowest BCUT2D eigenvalue weighted by Crippen LogP contribution is -2.57. The standard InChI is InChI=1S/C24H23FN2O5/c1-4-31-22(29)19-16-11-32-18-8-5-12(2)9-15(18)20(16)27-21(28)14-10-13(25)6-7-17(14)26-23(30)24(19,27)3/h5-10,16,19-20H,4,11H2,1-3H3,(H,26,30)/t16?,19?,20?,24-/m1/s1. The Morgan fingerprint density at radius 3 is 2.81 bits per heavy atom. The number of rotatable bonds is 2. The van der Waals surface area contributed by atoms with E-state index in [9.17, 15) is 18.8 Å². The molecule has 0 bridgehead atoms. The summed E-state index contributed by atoms with van der Waals surface area (Å²) in [5, 5.41) is 2.75. The van der Waals surface area contributed by atoms with E-state index in [1.165, 1.54) is 17.0 Å². The first-order valence-corrected chi connectivity index (χ1v) is 10.6. The highest BCUT2D eigenvalue weighted by Gasteiger charge is 2.67. The summed E-state index contributed by atoms with van der Waals surface area (Å²) in [6.45, 7) is 5.48. The lowest BCUT2D eigenvalue weighted by molar-refractivity contribution is -0.155. The first-order valence-electron chi connectivity index (χ1n) is 10.6. The van der Waals surface area contributed by atoms with Gasteiger partial charge in [-0.25, -0.2) is 4.39 Å². The Hall–Kier alpha value is -3.42. The van der Waals surface area contributed by atoms with Crippen molar-refractivity contribution in [2.45, 2.75) is 32.4 Å². The molecule has 7 nitrogen and oxygen atoms in total. The molecule has 1 saturated heterocycles. The summed E-state index contributed by atoms with van der Waals surface area (Å²) in [6, 6.07) is 8.69. The van der Waals surface area contributed by atoms with Crippen molar-refractivity contribution in [1.82, 2.24) is 4.90 Å². The molecule has 4 atom stereocenters. The number of fused-ring (bicyclic) bond motifs is 6. The average molecular weight is 438 g/mol. The SMILES string of the molecule is CCOC(=O)C1C2COc3ccc(C)cc3C2N2C(=O)c3cc(F)ccc3NC(=O)[C@@]12C. The van der Waals surface area contributed by atoms with Gasteiger partial charge in [0.2, 0.25) is 0 Å².